The highest BCUT2D eigenvalue weighted by atomic mass is 35.5. The molecule has 0 spiro atoms. The molecule has 0 N–H and O–H groups in total. The fraction of sp³-hybridized carbons (Fsp3) is 0.0612. The first kappa shape index (κ1) is 70.2. The Morgan fingerprint density at radius 2 is 0.560 bits per heavy atom. The molecule has 1 aliphatic rings. The number of nitrogens with zero attached hydrogens (tertiary/aromatic N) is 4. The molecule has 0 radical (unpaired) electrons. The topological polar surface area (TPSA) is 70.0 Å². The number of benzene rings is 14. The van der Waals surface area contributed by atoms with Crippen LogP contribution in [0.2, 0.25) is 10.4 Å². The van der Waals surface area contributed by atoms with Crippen molar-refractivity contribution in [2.75, 3.05) is 0 Å². The van der Waals surface area contributed by atoms with E-state index in [1.54, 1.807) is 22.7 Å². The van der Waals surface area contributed by atoms with E-state index in [9.17, 15) is 0 Å². The Morgan fingerprint density at radius 3 is 0.982 bits per heavy atom. The van der Waals surface area contributed by atoms with Crippen molar-refractivity contribution in [3.63, 3.8) is 0 Å². The van der Waals surface area contributed by atoms with E-state index in [1.165, 1.54) is 77.0 Å². The largest absolute Gasteiger partial charge is 0.494 e. The van der Waals surface area contributed by atoms with Gasteiger partial charge in [0.15, 0.2) is 11.0 Å². The number of rotatable bonds is 12. The minimum atomic E-state index is -0.358. The quantitative estimate of drug-likeness (QED) is 0.0690. The van der Waals surface area contributed by atoms with Crippen molar-refractivity contribution < 1.29 is 9.31 Å². The highest BCUT2D eigenvalue weighted by Gasteiger charge is 2.51. The van der Waals surface area contributed by atoms with E-state index in [0.717, 1.165) is 86.0 Å². The Bertz CT molecular complexity index is 6320. The van der Waals surface area contributed by atoms with Gasteiger partial charge in [-0.1, -0.05) is 327 Å². The normalized spacial score (nSPS) is 12.9. The van der Waals surface area contributed by atoms with Gasteiger partial charge in [-0.15, -0.1) is 22.7 Å². The van der Waals surface area contributed by atoms with Gasteiger partial charge in [0, 0.05) is 31.3 Å². The molecule has 0 saturated carbocycles. The first-order chi connectivity index (χ1) is 53.3. The van der Waals surface area contributed by atoms with Crippen LogP contribution in [-0.4, -0.2) is 38.3 Å². The van der Waals surface area contributed by atoms with Crippen LogP contribution in [0.4, 0.5) is 0 Å². The van der Waals surface area contributed by atoms with Crippen molar-refractivity contribution in [3.8, 4) is 123 Å². The number of halogens is 2. The van der Waals surface area contributed by atoms with Crippen LogP contribution in [0.5, 0.6) is 0 Å². The van der Waals surface area contributed by atoms with Crippen LogP contribution in [-0.2, 0) is 9.31 Å². The lowest BCUT2D eigenvalue weighted by atomic mass is 9.78. The second kappa shape index (κ2) is 30.5. The predicted octanol–water partition coefficient (Wildman–Crippen LogP) is 27.3. The molecule has 0 unspecified atom stereocenters. The molecule has 0 aliphatic carbocycles. The van der Waals surface area contributed by atoms with Crippen molar-refractivity contribution in [1.82, 2.24) is 19.9 Å². The van der Waals surface area contributed by atoms with E-state index >= 15 is 0 Å². The Hall–Kier alpha value is -11.8. The second-order valence-corrected chi connectivity index (χ2v) is 31.0. The molecule has 0 atom stereocenters. The Labute approximate surface area is 653 Å². The summed E-state index contributed by atoms with van der Waals surface area (Å²) in [5.74, 6) is 0.715. The summed E-state index contributed by atoms with van der Waals surface area (Å²) in [6, 6.07) is 127. The Kier molecular flexibility index (Phi) is 19.6. The molecular formula is C98H71BCl2N4O2S2. The number of thiophene rings is 2. The average molecular weight is 1480 g/mol. The first-order valence-electron chi connectivity index (χ1n) is 36.4. The van der Waals surface area contributed by atoms with E-state index in [0.29, 0.717) is 11.0 Å². The minimum absolute atomic E-state index is 0.191. The van der Waals surface area contributed by atoms with Gasteiger partial charge < -0.3 is 9.31 Å². The molecule has 5 heterocycles. The molecule has 0 bridgehead atoms. The lowest BCUT2D eigenvalue weighted by molar-refractivity contribution is 0.00578. The molecule has 524 valence electrons. The van der Waals surface area contributed by atoms with Crippen LogP contribution < -0.4 is 5.46 Å². The highest BCUT2D eigenvalue weighted by Crippen LogP contribution is 2.43. The van der Waals surface area contributed by atoms with Crippen molar-refractivity contribution >= 4 is 99.1 Å². The van der Waals surface area contributed by atoms with Gasteiger partial charge in [0.2, 0.25) is 5.28 Å². The zero-order valence-corrected chi connectivity index (χ0v) is 63.5. The van der Waals surface area contributed by atoms with E-state index in [1.807, 2.05) is 30.3 Å². The standard InChI is InChI=1S/C58H38N2S.C30H29BO2.C10H4Cl2N2S/c1-3-13-39(14-4-1)41-27-31-43(32-28-41)45-17-9-19-47(35-45)49-21-11-23-51(37-49)55-57-56(53-25-7-8-26-54(53)61-57)60-58(59-55)52-24-12-22-50(38-52)48-20-10-18-46(36-48)44-33-29-42(30-34-44)40-15-5-2-6-16-40;1-29(2)30(3,4)33-31(32-29)28-15-9-14-27(21-28)26-13-8-12-25(20-26)24-18-16-23(17-19-24)22-10-6-5-7-11-22;11-9-8-7(13-10(12)14-9)5-3-1-2-4-6(5)15-8/h1-38H;5-21H,1-4H3;1-4H. The Balaban J connectivity index is 0.000000149. The molecular weight excluding hydrogens is 1410 g/mol. The smallest absolute Gasteiger partial charge is 0.399 e. The highest BCUT2D eigenvalue weighted by molar-refractivity contribution is 7.26. The van der Waals surface area contributed by atoms with Crippen LogP contribution >= 0.6 is 45.9 Å². The van der Waals surface area contributed by atoms with Gasteiger partial charge in [-0.25, -0.2) is 19.9 Å². The Morgan fingerprint density at radius 1 is 0.266 bits per heavy atom. The molecule has 19 rings (SSSR count). The summed E-state index contributed by atoms with van der Waals surface area (Å²) in [6.45, 7) is 8.35. The maximum Gasteiger partial charge on any atom is 0.494 e. The third-order valence-electron chi connectivity index (χ3n) is 20.6. The number of hydrogen-bond acceptors (Lipinski definition) is 8. The molecule has 1 saturated heterocycles. The monoisotopic (exact) mass is 1480 g/mol. The molecule has 4 aromatic heterocycles. The molecule has 11 heteroatoms. The van der Waals surface area contributed by atoms with Gasteiger partial charge in [-0.2, -0.15) is 0 Å². The summed E-state index contributed by atoms with van der Waals surface area (Å²) in [7, 11) is -0.358. The summed E-state index contributed by atoms with van der Waals surface area (Å²) < 4.78 is 16.9. The molecule has 0 amide bonds. The minimum Gasteiger partial charge on any atom is -0.399 e. The van der Waals surface area contributed by atoms with Gasteiger partial charge in [0.25, 0.3) is 0 Å². The molecule has 1 fully saturated rings. The predicted molar refractivity (Wildman–Crippen MR) is 462 cm³/mol. The number of aromatic nitrogens is 4. The summed E-state index contributed by atoms with van der Waals surface area (Å²) in [5, 5.41) is 2.84. The maximum absolute atomic E-state index is 6.26. The van der Waals surface area contributed by atoms with Gasteiger partial charge >= 0.3 is 7.12 Å². The second-order valence-electron chi connectivity index (χ2n) is 28.2. The summed E-state index contributed by atoms with van der Waals surface area (Å²) in [6.07, 6.45) is 0. The van der Waals surface area contributed by atoms with Crippen molar-refractivity contribution in [1.29, 1.82) is 0 Å². The number of hydrogen-bond donors (Lipinski definition) is 0. The lowest BCUT2D eigenvalue weighted by Crippen LogP contribution is -2.41. The fourth-order valence-electron chi connectivity index (χ4n) is 14.1. The summed E-state index contributed by atoms with van der Waals surface area (Å²) in [4.78, 5) is 18.8. The van der Waals surface area contributed by atoms with Gasteiger partial charge in [-0.3, -0.25) is 0 Å². The van der Waals surface area contributed by atoms with Gasteiger partial charge in [0.1, 0.15) is 0 Å². The van der Waals surface area contributed by atoms with E-state index in [4.69, 9.17) is 42.5 Å². The molecule has 109 heavy (non-hydrogen) atoms. The van der Waals surface area contributed by atoms with Crippen LogP contribution in [0.1, 0.15) is 27.7 Å². The molecule has 14 aromatic carbocycles. The molecule has 6 nitrogen and oxygen atoms in total. The zero-order chi connectivity index (χ0) is 74.0. The SMILES string of the molecule is CC1(C)OB(c2cccc(-c3cccc(-c4ccc(-c5ccccc5)cc4)c3)c2)OC1(C)C.Clc1nc(Cl)c2sc3ccccc3c2n1.c1ccc(-c2ccc(-c3cccc(-c4cccc(-c5nc(-c6cccc(-c7cccc(-c8ccc(-c9ccccc9)cc8)c7)c6)c6sc7ccccc7c6n5)c4)c3)cc2)cc1. The number of fused-ring (bicyclic) bond motifs is 6. The molecule has 1 aliphatic heterocycles. The zero-order valence-electron chi connectivity index (χ0n) is 60.3. The van der Waals surface area contributed by atoms with Crippen molar-refractivity contribution in [3.05, 3.63) is 368 Å². The third-order valence-corrected chi connectivity index (χ3v) is 23.5. The van der Waals surface area contributed by atoms with Gasteiger partial charge in [-0.05, 0) is 187 Å². The van der Waals surface area contributed by atoms with Crippen LogP contribution in [0.25, 0.3) is 163 Å². The summed E-state index contributed by atoms with van der Waals surface area (Å²) >= 11 is 15.1. The van der Waals surface area contributed by atoms with Crippen molar-refractivity contribution in [2.45, 2.75) is 38.9 Å². The lowest BCUT2D eigenvalue weighted by Gasteiger charge is -2.32. The summed E-state index contributed by atoms with van der Waals surface area (Å²) in [5.41, 5.74) is 26.6. The van der Waals surface area contributed by atoms with Crippen LogP contribution in [0, 0.1) is 0 Å². The van der Waals surface area contributed by atoms with Gasteiger partial charge in [0.05, 0.1) is 37.3 Å². The average Bonchev–Trinajstić information content (AvgIpc) is 1.65. The first-order valence-corrected chi connectivity index (χ1v) is 38.8. The van der Waals surface area contributed by atoms with E-state index < -0.39 is 0 Å². The third kappa shape index (κ3) is 14.9. The fourth-order valence-corrected chi connectivity index (χ4v) is 16.7. The van der Waals surface area contributed by atoms with E-state index in [2.05, 4.69) is 365 Å². The van der Waals surface area contributed by atoms with Crippen LogP contribution in [0.15, 0.2) is 358 Å². The van der Waals surface area contributed by atoms with E-state index in [-0.39, 0.29) is 23.6 Å². The molecule has 18 aromatic rings. The van der Waals surface area contributed by atoms with Crippen molar-refractivity contribution in [2.24, 2.45) is 0 Å². The van der Waals surface area contributed by atoms with Crippen LogP contribution in [0.3, 0.4) is 0 Å². The maximum atomic E-state index is 6.26.